The highest BCUT2D eigenvalue weighted by atomic mass is 16.2. The Kier molecular flexibility index (Phi) is 7.33. The summed E-state index contributed by atoms with van der Waals surface area (Å²) in [5.41, 5.74) is 1.84. The van der Waals surface area contributed by atoms with E-state index >= 15 is 0 Å². The number of quaternary nitrogens is 1. The molecular weight excluding hydrogens is 374 g/mol. The summed E-state index contributed by atoms with van der Waals surface area (Å²) >= 11 is 0. The molecule has 2 rings (SSSR count). The Bertz CT molecular complexity index is 767. The van der Waals surface area contributed by atoms with Crippen LogP contribution in [0, 0.1) is 0 Å². The molecular formula is C20H30N5O4+. The Hall–Kier alpha value is -2.94. The third kappa shape index (κ3) is 5.11. The smallest absolute Gasteiger partial charge is 0.344 e. The maximum absolute atomic E-state index is 13.0. The van der Waals surface area contributed by atoms with Crippen molar-refractivity contribution >= 4 is 23.8 Å². The normalized spacial score (nSPS) is 19.8. The van der Waals surface area contributed by atoms with E-state index < -0.39 is 23.4 Å². The molecule has 1 aromatic rings. The van der Waals surface area contributed by atoms with E-state index in [4.69, 9.17) is 0 Å². The fraction of sp³-hybridized carbons (Fsp3) is 0.500. The van der Waals surface area contributed by atoms with Gasteiger partial charge in [0.05, 0.1) is 6.54 Å². The van der Waals surface area contributed by atoms with Gasteiger partial charge in [0.1, 0.15) is 5.54 Å². The Morgan fingerprint density at radius 1 is 1.10 bits per heavy atom. The molecule has 1 fully saturated rings. The zero-order valence-electron chi connectivity index (χ0n) is 17.4. The quantitative estimate of drug-likeness (QED) is 0.408. The fourth-order valence-corrected chi connectivity index (χ4v) is 3.34. The second kappa shape index (κ2) is 9.51. The van der Waals surface area contributed by atoms with Gasteiger partial charge in [-0.2, -0.15) is 5.01 Å². The Labute approximate surface area is 170 Å². The van der Waals surface area contributed by atoms with Gasteiger partial charge < -0.3 is 15.5 Å². The summed E-state index contributed by atoms with van der Waals surface area (Å²) in [4.78, 5) is 50.6. The van der Waals surface area contributed by atoms with Gasteiger partial charge in [-0.25, -0.2) is 4.79 Å². The molecule has 5 amide bonds. The van der Waals surface area contributed by atoms with Crippen LogP contribution in [0.3, 0.4) is 0 Å². The van der Waals surface area contributed by atoms with Gasteiger partial charge in [0.25, 0.3) is 17.7 Å². The van der Waals surface area contributed by atoms with Crippen molar-refractivity contribution in [1.29, 1.82) is 0 Å². The van der Waals surface area contributed by atoms with Crippen molar-refractivity contribution in [3.8, 4) is 0 Å². The molecule has 1 unspecified atom stereocenters. The van der Waals surface area contributed by atoms with Crippen molar-refractivity contribution in [3.63, 3.8) is 0 Å². The fourth-order valence-electron chi connectivity index (χ4n) is 3.34. The lowest BCUT2D eigenvalue weighted by molar-refractivity contribution is -0.882. The number of carbonyl (C=O) groups is 4. The molecule has 1 saturated heterocycles. The van der Waals surface area contributed by atoms with E-state index in [1.807, 2.05) is 26.8 Å². The highest BCUT2D eigenvalue weighted by molar-refractivity contribution is 6.08. The minimum Gasteiger partial charge on any atom is -0.349 e. The molecule has 4 N–H and O–H groups in total. The molecule has 0 aliphatic carbocycles. The molecule has 0 spiro atoms. The number of hydrazine groups is 1. The molecule has 9 heteroatoms. The van der Waals surface area contributed by atoms with Gasteiger partial charge in [0.2, 0.25) is 0 Å². The summed E-state index contributed by atoms with van der Waals surface area (Å²) < 4.78 is 0. The zero-order valence-corrected chi connectivity index (χ0v) is 17.4. The van der Waals surface area contributed by atoms with Gasteiger partial charge >= 0.3 is 6.03 Å². The highest BCUT2D eigenvalue weighted by Crippen LogP contribution is 2.31. The van der Waals surface area contributed by atoms with E-state index in [2.05, 4.69) is 16.1 Å². The van der Waals surface area contributed by atoms with Crippen LogP contribution in [0.25, 0.3) is 0 Å². The Balaban J connectivity index is 2.05. The molecule has 0 aromatic heterocycles. The predicted octanol–water partition coefficient (Wildman–Crippen LogP) is -0.696. The minimum absolute atomic E-state index is 0.0144. The molecule has 0 bridgehead atoms. The first-order chi connectivity index (χ1) is 13.7. The average molecular weight is 404 g/mol. The van der Waals surface area contributed by atoms with Crippen LogP contribution in [0.4, 0.5) is 4.79 Å². The van der Waals surface area contributed by atoms with Crippen molar-refractivity contribution in [2.75, 3.05) is 19.6 Å². The molecule has 1 aliphatic heterocycles. The van der Waals surface area contributed by atoms with E-state index in [1.54, 1.807) is 31.2 Å². The molecule has 9 nitrogen and oxygen atoms in total. The number of imide groups is 1. The number of amides is 5. The van der Waals surface area contributed by atoms with E-state index in [1.165, 1.54) is 0 Å². The summed E-state index contributed by atoms with van der Waals surface area (Å²) in [6.45, 7) is 8.01. The van der Waals surface area contributed by atoms with Crippen LogP contribution < -0.4 is 21.0 Å². The predicted molar refractivity (Wildman–Crippen MR) is 106 cm³/mol. The molecule has 1 heterocycles. The number of hydrogen-bond acceptors (Lipinski definition) is 4. The third-order valence-corrected chi connectivity index (χ3v) is 4.90. The first kappa shape index (κ1) is 22.4. The van der Waals surface area contributed by atoms with Gasteiger partial charge in [-0.1, -0.05) is 37.3 Å². The lowest BCUT2D eigenvalue weighted by Gasteiger charge is -2.25. The van der Waals surface area contributed by atoms with Gasteiger partial charge in [-0.3, -0.25) is 19.8 Å². The summed E-state index contributed by atoms with van der Waals surface area (Å²) in [6, 6.07) is 8.28. The molecule has 1 aromatic carbocycles. The monoisotopic (exact) mass is 404 g/mol. The van der Waals surface area contributed by atoms with Crippen molar-refractivity contribution < 1.29 is 24.1 Å². The largest absolute Gasteiger partial charge is 0.349 e. The zero-order chi connectivity index (χ0) is 21.6. The third-order valence-electron chi connectivity index (χ3n) is 4.90. The van der Waals surface area contributed by atoms with Crippen LogP contribution >= 0.6 is 0 Å². The van der Waals surface area contributed by atoms with Crippen molar-refractivity contribution in [2.24, 2.45) is 0 Å². The average Bonchev–Trinajstić information content (AvgIpc) is 2.92. The minimum atomic E-state index is -1.21. The molecule has 158 valence electrons. The second-order valence-electron chi connectivity index (χ2n) is 7.41. The first-order valence-corrected chi connectivity index (χ1v) is 9.88. The number of nitrogens with one attached hydrogen (secondary N) is 4. The highest BCUT2D eigenvalue weighted by Gasteiger charge is 2.52. The summed E-state index contributed by atoms with van der Waals surface area (Å²) in [7, 11) is 0. The van der Waals surface area contributed by atoms with Crippen LogP contribution in [-0.4, -0.2) is 54.4 Å². The number of rotatable bonds is 9. The summed E-state index contributed by atoms with van der Waals surface area (Å²) in [6.07, 6.45) is 0.343. The van der Waals surface area contributed by atoms with Gasteiger partial charge in [-0.15, -0.1) is 0 Å². The standard InChI is InChI=1S/C20H29N5O4/c1-5-20(15-10-8-7-9-11-15)18(28)25(19(29)22-20)23-17(27)13-24(6-2)12-16(26)21-14(3)4/h7-11,14H,5-6,12-13H2,1-4H3,(H,21,26)(H,22,29)(H,23,27)/p+1/t20-/m1/s1. The van der Waals surface area contributed by atoms with Gasteiger partial charge in [0, 0.05) is 6.04 Å². The first-order valence-electron chi connectivity index (χ1n) is 9.88. The van der Waals surface area contributed by atoms with E-state index in [0.29, 0.717) is 18.5 Å². The topological polar surface area (TPSA) is 112 Å². The van der Waals surface area contributed by atoms with Crippen LogP contribution in [-0.2, 0) is 19.9 Å². The maximum Gasteiger partial charge on any atom is 0.344 e. The molecule has 0 saturated carbocycles. The van der Waals surface area contributed by atoms with Crippen LogP contribution in [0.1, 0.15) is 39.7 Å². The summed E-state index contributed by atoms with van der Waals surface area (Å²) in [5.74, 6) is -1.20. The lowest BCUT2D eigenvalue weighted by atomic mass is 9.87. The Morgan fingerprint density at radius 2 is 1.72 bits per heavy atom. The van der Waals surface area contributed by atoms with E-state index in [9.17, 15) is 19.2 Å². The Morgan fingerprint density at radius 3 is 2.28 bits per heavy atom. The number of benzene rings is 1. The number of likely N-dealkylation sites (N-methyl/N-ethyl adjacent to an activating group) is 1. The SMILES string of the molecule is CC[NH+](CC(=O)NC(C)C)CC(=O)NN1C(=O)N[C@](CC)(c2ccccc2)C1=O. The molecule has 2 atom stereocenters. The number of nitrogens with zero attached hydrogens (tertiary/aromatic N) is 1. The van der Waals surface area contributed by atoms with Crippen molar-refractivity contribution in [1.82, 2.24) is 21.1 Å². The van der Waals surface area contributed by atoms with Gasteiger partial charge in [-0.05, 0) is 32.8 Å². The molecule has 29 heavy (non-hydrogen) atoms. The lowest BCUT2D eigenvalue weighted by Crippen LogP contribution is -3.14. The van der Waals surface area contributed by atoms with Crippen molar-refractivity contribution in [3.05, 3.63) is 35.9 Å². The van der Waals surface area contributed by atoms with Crippen LogP contribution in [0.15, 0.2) is 30.3 Å². The van der Waals surface area contributed by atoms with Gasteiger partial charge in [0.15, 0.2) is 13.1 Å². The second-order valence-corrected chi connectivity index (χ2v) is 7.41. The molecule has 0 radical (unpaired) electrons. The number of urea groups is 1. The van der Waals surface area contributed by atoms with Crippen molar-refractivity contribution in [2.45, 2.75) is 45.7 Å². The van der Waals surface area contributed by atoms with Crippen LogP contribution in [0.2, 0.25) is 0 Å². The molecule has 1 aliphatic rings. The maximum atomic E-state index is 13.0. The number of carbonyl (C=O) groups excluding carboxylic acids is 4. The van der Waals surface area contributed by atoms with E-state index in [-0.39, 0.29) is 25.0 Å². The van der Waals surface area contributed by atoms with E-state index in [0.717, 1.165) is 9.91 Å². The number of hydrogen-bond donors (Lipinski definition) is 4. The van der Waals surface area contributed by atoms with Crippen LogP contribution in [0.5, 0.6) is 0 Å². The summed E-state index contributed by atoms with van der Waals surface area (Å²) in [5, 5.41) is 6.23.